The van der Waals surface area contributed by atoms with Gasteiger partial charge in [0.25, 0.3) is 0 Å². The molecule has 0 radical (unpaired) electrons. The molecule has 18 heavy (non-hydrogen) atoms. The lowest BCUT2D eigenvalue weighted by molar-refractivity contribution is -0.125. The van der Waals surface area contributed by atoms with Crippen molar-refractivity contribution in [3.05, 3.63) is 0 Å². The molecule has 0 saturated carbocycles. The molecule has 1 saturated heterocycles. The van der Waals surface area contributed by atoms with Crippen molar-refractivity contribution in [2.75, 3.05) is 19.6 Å². The predicted molar refractivity (Wildman–Crippen MR) is 71.0 cm³/mol. The molecule has 1 fully saturated rings. The SMILES string of the molecule is C[C@H]1CCCN(C(=O)NCC(C)(C)C(N)=O)CC1. The van der Waals surface area contributed by atoms with Crippen molar-refractivity contribution in [1.29, 1.82) is 0 Å². The van der Waals surface area contributed by atoms with E-state index in [0.29, 0.717) is 5.92 Å². The summed E-state index contributed by atoms with van der Waals surface area (Å²) in [6, 6.07) is -0.0848. The van der Waals surface area contributed by atoms with Gasteiger partial charge in [0.2, 0.25) is 5.91 Å². The Hall–Kier alpha value is -1.26. The fourth-order valence-electron chi connectivity index (χ4n) is 1.96. The number of likely N-dealkylation sites (tertiary alicyclic amines) is 1. The van der Waals surface area contributed by atoms with Gasteiger partial charge in [-0.1, -0.05) is 6.92 Å². The van der Waals surface area contributed by atoms with Crippen molar-refractivity contribution in [3.63, 3.8) is 0 Å². The lowest BCUT2D eigenvalue weighted by Gasteiger charge is -2.25. The molecule has 0 bridgehead atoms. The van der Waals surface area contributed by atoms with E-state index >= 15 is 0 Å². The van der Waals surface area contributed by atoms with Crippen LogP contribution in [0.25, 0.3) is 0 Å². The van der Waals surface area contributed by atoms with Crippen molar-refractivity contribution in [2.45, 2.75) is 40.0 Å². The maximum absolute atomic E-state index is 12.0. The minimum Gasteiger partial charge on any atom is -0.369 e. The zero-order valence-corrected chi connectivity index (χ0v) is 11.7. The van der Waals surface area contributed by atoms with E-state index in [1.54, 1.807) is 13.8 Å². The maximum Gasteiger partial charge on any atom is 0.317 e. The van der Waals surface area contributed by atoms with E-state index in [9.17, 15) is 9.59 Å². The van der Waals surface area contributed by atoms with Gasteiger partial charge in [0.05, 0.1) is 5.41 Å². The average molecular weight is 255 g/mol. The normalized spacial score (nSPS) is 21.3. The molecule has 104 valence electrons. The van der Waals surface area contributed by atoms with Gasteiger partial charge in [-0.3, -0.25) is 4.79 Å². The third kappa shape index (κ3) is 4.20. The molecule has 3 amide bonds. The lowest BCUT2D eigenvalue weighted by atomic mass is 9.93. The van der Waals surface area contributed by atoms with Gasteiger partial charge in [0.1, 0.15) is 0 Å². The summed E-state index contributed by atoms with van der Waals surface area (Å²) < 4.78 is 0. The number of carbonyl (C=O) groups excluding carboxylic acids is 2. The van der Waals surface area contributed by atoms with Gasteiger partial charge in [-0.25, -0.2) is 4.79 Å². The summed E-state index contributed by atoms with van der Waals surface area (Å²) in [7, 11) is 0. The topological polar surface area (TPSA) is 75.4 Å². The van der Waals surface area contributed by atoms with E-state index < -0.39 is 11.3 Å². The van der Waals surface area contributed by atoms with Crippen LogP contribution >= 0.6 is 0 Å². The van der Waals surface area contributed by atoms with Gasteiger partial charge in [-0.05, 0) is 39.0 Å². The van der Waals surface area contributed by atoms with Gasteiger partial charge in [-0.15, -0.1) is 0 Å². The van der Waals surface area contributed by atoms with Crippen LogP contribution in [0.15, 0.2) is 0 Å². The van der Waals surface area contributed by atoms with Crippen LogP contribution in [0.2, 0.25) is 0 Å². The summed E-state index contributed by atoms with van der Waals surface area (Å²) >= 11 is 0. The molecule has 0 aromatic rings. The number of urea groups is 1. The average Bonchev–Trinajstić information content (AvgIpc) is 2.51. The molecule has 1 atom stereocenters. The summed E-state index contributed by atoms with van der Waals surface area (Å²) in [5.74, 6) is 0.289. The number of hydrogen-bond acceptors (Lipinski definition) is 2. The Bertz CT molecular complexity index is 315. The molecule has 3 N–H and O–H groups in total. The van der Waals surface area contributed by atoms with Crippen molar-refractivity contribution in [1.82, 2.24) is 10.2 Å². The molecule has 0 aromatic carbocycles. The van der Waals surface area contributed by atoms with Gasteiger partial charge >= 0.3 is 6.03 Å². The second kappa shape index (κ2) is 6.07. The zero-order chi connectivity index (χ0) is 13.8. The highest BCUT2D eigenvalue weighted by atomic mass is 16.2. The van der Waals surface area contributed by atoms with E-state index in [4.69, 9.17) is 5.73 Å². The number of nitrogens with zero attached hydrogens (tertiary/aromatic N) is 1. The Morgan fingerprint density at radius 3 is 2.61 bits per heavy atom. The van der Waals surface area contributed by atoms with Crippen LogP contribution in [0, 0.1) is 11.3 Å². The Labute approximate surface area is 109 Å². The first-order valence-electron chi connectivity index (χ1n) is 6.65. The first-order valence-corrected chi connectivity index (χ1v) is 6.65. The predicted octanol–water partition coefficient (Wildman–Crippen LogP) is 1.33. The number of nitrogens with one attached hydrogen (secondary N) is 1. The number of primary amides is 1. The summed E-state index contributed by atoms with van der Waals surface area (Å²) in [4.78, 5) is 25.0. The molecule has 0 aromatic heterocycles. The second-order valence-electron chi connectivity index (χ2n) is 5.93. The van der Waals surface area contributed by atoms with E-state index in [-0.39, 0.29) is 12.6 Å². The fourth-order valence-corrected chi connectivity index (χ4v) is 1.96. The molecule has 0 aliphatic carbocycles. The largest absolute Gasteiger partial charge is 0.369 e. The van der Waals surface area contributed by atoms with E-state index in [2.05, 4.69) is 12.2 Å². The first kappa shape index (κ1) is 14.8. The van der Waals surface area contributed by atoms with E-state index in [1.807, 2.05) is 4.90 Å². The Morgan fingerprint density at radius 2 is 2.00 bits per heavy atom. The molecule has 0 spiro atoms. The first-order chi connectivity index (χ1) is 8.33. The van der Waals surface area contributed by atoms with Crippen LogP contribution in [0.5, 0.6) is 0 Å². The quantitative estimate of drug-likeness (QED) is 0.798. The lowest BCUT2D eigenvalue weighted by Crippen LogP contribution is -2.47. The van der Waals surface area contributed by atoms with Crippen molar-refractivity contribution < 1.29 is 9.59 Å². The number of nitrogens with two attached hydrogens (primary N) is 1. The summed E-state index contributed by atoms with van der Waals surface area (Å²) in [6.45, 7) is 7.57. The Kier molecular flexibility index (Phi) is 4.99. The minimum atomic E-state index is -0.700. The van der Waals surface area contributed by atoms with Crippen molar-refractivity contribution in [3.8, 4) is 0 Å². The van der Waals surface area contributed by atoms with Crippen LogP contribution < -0.4 is 11.1 Å². The summed E-state index contributed by atoms with van der Waals surface area (Å²) in [6.07, 6.45) is 3.27. The number of carbonyl (C=O) groups is 2. The highest BCUT2D eigenvalue weighted by Gasteiger charge is 2.27. The third-order valence-corrected chi connectivity index (χ3v) is 3.65. The molecule has 5 nitrogen and oxygen atoms in total. The van der Waals surface area contributed by atoms with Crippen LogP contribution in [-0.2, 0) is 4.79 Å². The summed E-state index contributed by atoms with van der Waals surface area (Å²) in [5.41, 5.74) is 4.57. The molecule has 1 aliphatic rings. The van der Waals surface area contributed by atoms with Crippen LogP contribution in [0.1, 0.15) is 40.0 Å². The third-order valence-electron chi connectivity index (χ3n) is 3.65. The van der Waals surface area contributed by atoms with E-state index in [1.165, 1.54) is 6.42 Å². The maximum atomic E-state index is 12.0. The van der Waals surface area contributed by atoms with Crippen LogP contribution in [0.4, 0.5) is 4.79 Å². The van der Waals surface area contributed by atoms with Crippen LogP contribution in [0.3, 0.4) is 0 Å². The molecule has 1 aliphatic heterocycles. The zero-order valence-electron chi connectivity index (χ0n) is 11.7. The van der Waals surface area contributed by atoms with Gasteiger partial charge in [0, 0.05) is 19.6 Å². The van der Waals surface area contributed by atoms with Gasteiger partial charge in [-0.2, -0.15) is 0 Å². The Morgan fingerprint density at radius 1 is 1.33 bits per heavy atom. The number of rotatable bonds is 3. The standard InChI is InChI=1S/C13H25N3O2/c1-10-5-4-7-16(8-6-10)12(18)15-9-13(2,3)11(14)17/h10H,4-9H2,1-3H3,(H2,14,17)(H,15,18)/t10-/m0/s1. The van der Waals surface area contributed by atoms with Crippen molar-refractivity contribution in [2.24, 2.45) is 17.1 Å². The minimum absolute atomic E-state index is 0.0848. The fraction of sp³-hybridized carbons (Fsp3) is 0.846. The smallest absolute Gasteiger partial charge is 0.317 e. The molecule has 1 rings (SSSR count). The molecular formula is C13H25N3O2. The number of hydrogen-bond donors (Lipinski definition) is 2. The monoisotopic (exact) mass is 255 g/mol. The van der Waals surface area contributed by atoms with E-state index in [0.717, 1.165) is 25.9 Å². The summed E-state index contributed by atoms with van der Waals surface area (Å²) in [5, 5.41) is 2.80. The van der Waals surface area contributed by atoms with Crippen LogP contribution in [-0.4, -0.2) is 36.5 Å². The highest BCUT2D eigenvalue weighted by Crippen LogP contribution is 2.17. The number of amides is 3. The Balaban J connectivity index is 2.43. The van der Waals surface area contributed by atoms with Gasteiger partial charge < -0.3 is 16.0 Å². The van der Waals surface area contributed by atoms with Gasteiger partial charge in [0.15, 0.2) is 0 Å². The molecule has 0 unspecified atom stereocenters. The van der Waals surface area contributed by atoms with Crippen molar-refractivity contribution >= 4 is 11.9 Å². The second-order valence-corrected chi connectivity index (χ2v) is 5.93. The highest BCUT2D eigenvalue weighted by molar-refractivity contribution is 5.81. The molecule has 5 heteroatoms. The molecule has 1 heterocycles. The molecular weight excluding hydrogens is 230 g/mol.